The Morgan fingerprint density at radius 2 is 1.82 bits per heavy atom. The second-order valence-electron chi connectivity index (χ2n) is 3.53. The fraction of sp³-hybridized carbons (Fsp3) is 0.333. The van der Waals surface area contributed by atoms with Gasteiger partial charge in [0.15, 0.2) is 0 Å². The third-order valence-corrected chi connectivity index (χ3v) is 1.88. The van der Waals surface area contributed by atoms with E-state index in [1.54, 1.807) is 0 Å². The number of rotatable bonds is 1. The highest BCUT2D eigenvalue weighted by Gasteiger charge is 2.10. The van der Waals surface area contributed by atoms with Crippen LogP contribution in [-0.4, -0.2) is 21.1 Å². The SMILES string of the molecule is C[N+](C)(C)c1cccc(S)c1. The second-order valence-corrected chi connectivity index (χ2v) is 4.05. The molecule has 0 aliphatic heterocycles. The van der Waals surface area contributed by atoms with Crippen LogP contribution < -0.4 is 4.48 Å². The van der Waals surface area contributed by atoms with Gasteiger partial charge in [-0.15, -0.1) is 12.6 Å². The van der Waals surface area contributed by atoms with Gasteiger partial charge in [0.1, 0.15) is 5.69 Å². The molecule has 60 valence electrons. The lowest BCUT2D eigenvalue weighted by Crippen LogP contribution is -2.34. The zero-order valence-corrected chi connectivity index (χ0v) is 8.10. The average molecular weight is 168 g/mol. The van der Waals surface area contributed by atoms with E-state index in [-0.39, 0.29) is 0 Å². The quantitative estimate of drug-likeness (QED) is 0.482. The normalized spacial score (nSPS) is 11.6. The van der Waals surface area contributed by atoms with Crippen molar-refractivity contribution in [2.45, 2.75) is 4.90 Å². The molecule has 0 aliphatic carbocycles. The van der Waals surface area contributed by atoms with Crippen molar-refractivity contribution in [3.8, 4) is 0 Å². The summed E-state index contributed by atoms with van der Waals surface area (Å²) in [5, 5.41) is 0. The van der Waals surface area contributed by atoms with Crippen LogP contribution in [0.25, 0.3) is 0 Å². The van der Waals surface area contributed by atoms with E-state index < -0.39 is 0 Å². The molecular formula is C9H14NS+. The Balaban J connectivity index is 3.06. The van der Waals surface area contributed by atoms with Crippen molar-refractivity contribution >= 4 is 18.3 Å². The summed E-state index contributed by atoms with van der Waals surface area (Å²) in [6.07, 6.45) is 0. The van der Waals surface area contributed by atoms with Crippen LogP contribution in [0.5, 0.6) is 0 Å². The number of benzene rings is 1. The molecule has 0 fully saturated rings. The van der Waals surface area contributed by atoms with E-state index in [4.69, 9.17) is 0 Å². The maximum atomic E-state index is 4.28. The highest BCUT2D eigenvalue weighted by molar-refractivity contribution is 7.80. The first-order valence-electron chi connectivity index (χ1n) is 3.61. The smallest absolute Gasteiger partial charge is 0.133 e. The third kappa shape index (κ3) is 2.24. The van der Waals surface area contributed by atoms with E-state index in [1.165, 1.54) is 5.69 Å². The Bertz CT molecular complexity index is 250. The molecule has 0 heterocycles. The lowest BCUT2D eigenvalue weighted by molar-refractivity contribution is 0.485. The monoisotopic (exact) mass is 168 g/mol. The van der Waals surface area contributed by atoms with Gasteiger partial charge in [-0.1, -0.05) is 6.07 Å². The largest absolute Gasteiger partial charge is 0.298 e. The van der Waals surface area contributed by atoms with Crippen LogP contribution in [0.4, 0.5) is 5.69 Å². The summed E-state index contributed by atoms with van der Waals surface area (Å²) in [5.74, 6) is 0. The minimum atomic E-state index is 0.842. The van der Waals surface area contributed by atoms with Crippen molar-refractivity contribution in [1.29, 1.82) is 0 Å². The van der Waals surface area contributed by atoms with Gasteiger partial charge in [0.05, 0.1) is 21.1 Å². The molecule has 0 saturated carbocycles. The molecule has 0 aromatic heterocycles. The molecule has 0 radical (unpaired) electrons. The molecule has 0 unspecified atom stereocenters. The van der Waals surface area contributed by atoms with E-state index in [1.807, 2.05) is 12.1 Å². The van der Waals surface area contributed by atoms with E-state index in [2.05, 4.69) is 45.9 Å². The first-order valence-corrected chi connectivity index (χ1v) is 4.06. The van der Waals surface area contributed by atoms with Crippen LogP contribution in [0.2, 0.25) is 0 Å². The van der Waals surface area contributed by atoms with Gasteiger partial charge in [0.25, 0.3) is 0 Å². The maximum Gasteiger partial charge on any atom is 0.133 e. The molecule has 0 saturated heterocycles. The molecule has 1 rings (SSSR count). The molecule has 0 amide bonds. The molecule has 0 bridgehead atoms. The topological polar surface area (TPSA) is 0 Å². The van der Waals surface area contributed by atoms with Crippen LogP contribution in [0, 0.1) is 0 Å². The van der Waals surface area contributed by atoms with Crippen molar-refractivity contribution in [1.82, 2.24) is 4.48 Å². The molecule has 0 atom stereocenters. The summed E-state index contributed by atoms with van der Waals surface area (Å²) in [6, 6.07) is 8.21. The van der Waals surface area contributed by atoms with Gasteiger partial charge < -0.3 is 0 Å². The number of thiol groups is 1. The Morgan fingerprint density at radius 1 is 1.18 bits per heavy atom. The molecule has 1 aromatic rings. The molecule has 0 aliphatic rings. The second kappa shape index (κ2) is 2.88. The highest BCUT2D eigenvalue weighted by Crippen LogP contribution is 2.19. The van der Waals surface area contributed by atoms with Crippen LogP contribution in [0.15, 0.2) is 29.2 Å². The van der Waals surface area contributed by atoms with Crippen molar-refractivity contribution in [3.63, 3.8) is 0 Å². The number of hydrogen-bond acceptors (Lipinski definition) is 1. The third-order valence-electron chi connectivity index (χ3n) is 1.60. The molecular weight excluding hydrogens is 154 g/mol. The van der Waals surface area contributed by atoms with Gasteiger partial charge in [0.2, 0.25) is 0 Å². The van der Waals surface area contributed by atoms with Crippen LogP contribution in [0.3, 0.4) is 0 Å². The van der Waals surface area contributed by atoms with Crippen molar-refractivity contribution in [2.24, 2.45) is 0 Å². The minimum absolute atomic E-state index is 0.842. The fourth-order valence-corrected chi connectivity index (χ4v) is 1.13. The summed E-state index contributed by atoms with van der Waals surface area (Å²) in [6.45, 7) is 0. The molecule has 2 heteroatoms. The summed E-state index contributed by atoms with van der Waals surface area (Å²) < 4.78 is 0.842. The van der Waals surface area contributed by atoms with Gasteiger partial charge in [-0.05, 0) is 12.1 Å². The zero-order chi connectivity index (χ0) is 8.48. The zero-order valence-electron chi connectivity index (χ0n) is 7.20. The molecule has 1 nitrogen and oxygen atoms in total. The first kappa shape index (κ1) is 8.62. The predicted octanol–water partition coefficient (Wildman–Crippen LogP) is 2.17. The van der Waals surface area contributed by atoms with E-state index in [0.717, 1.165) is 9.38 Å². The Morgan fingerprint density at radius 3 is 2.18 bits per heavy atom. The minimum Gasteiger partial charge on any atom is -0.298 e. The van der Waals surface area contributed by atoms with Crippen LogP contribution in [-0.2, 0) is 0 Å². The van der Waals surface area contributed by atoms with E-state index >= 15 is 0 Å². The first-order chi connectivity index (χ1) is 5.00. The number of nitrogens with zero attached hydrogens (tertiary/aromatic N) is 1. The standard InChI is InChI=1S/C9H13NS/c1-10(2,3)8-5-4-6-9(11)7-8/h4-7H,1-3H3/p+1. The summed E-state index contributed by atoms with van der Waals surface area (Å²) in [5.41, 5.74) is 1.28. The number of hydrogen-bond donors (Lipinski definition) is 1. The lowest BCUT2D eigenvalue weighted by atomic mass is 10.3. The lowest BCUT2D eigenvalue weighted by Gasteiger charge is -2.23. The van der Waals surface area contributed by atoms with E-state index in [9.17, 15) is 0 Å². The highest BCUT2D eigenvalue weighted by atomic mass is 32.1. The van der Waals surface area contributed by atoms with Crippen LogP contribution in [0.1, 0.15) is 0 Å². The molecule has 0 N–H and O–H groups in total. The fourth-order valence-electron chi connectivity index (χ4n) is 0.910. The maximum absolute atomic E-state index is 4.28. The van der Waals surface area contributed by atoms with E-state index in [0.29, 0.717) is 0 Å². The summed E-state index contributed by atoms with van der Waals surface area (Å²) in [4.78, 5) is 1.02. The average Bonchev–Trinajstić information content (AvgIpc) is 1.86. The molecule has 11 heavy (non-hydrogen) atoms. The molecule has 0 spiro atoms. The Kier molecular flexibility index (Phi) is 2.25. The van der Waals surface area contributed by atoms with Gasteiger partial charge >= 0.3 is 0 Å². The van der Waals surface area contributed by atoms with Gasteiger partial charge in [0, 0.05) is 11.0 Å². The number of quaternary nitrogens is 1. The summed E-state index contributed by atoms with van der Waals surface area (Å²) in [7, 11) is 6.42. The Hall–Kier alpha value is -0.470. The van der Waals surface area contributed by atoms with Crippen molar-refractivity contribution in [3.05, 3.63) is 24.3 Å². The van der Waals surface area contributed by atoms with Gasteiger partial charge in [-0.25, -0.2) is 0 Å². The summed E-state index contributed by atoms with van der Waals surface area (Å²) >= 11 is 4.28. The van der Waals surface area contributed by atoms with Gasteiger partial charge in [-0.2, -0.15) is 0 Å². The molecule has 1 aromatic carbocycles. The van der Waals surface area contributed by atoms with Gasteiger partial charge in [-0.3, -0.25) is 4.48 Å². The Labute approximate surface area is 73.7 Å². The predicted molar refractivity (Wildman–Crippen MR) is 53.3 cm³/mol. The van der Waals surface area contributed by atoms with Crippen molar-refractivity contribution in [2.75, 3.05) is 21.1 Å². The van der Waals surface area contributed by atoms with Crippen molar-refractivity contribution < 1.29 is 0 Å². The van der Waals surface area contributed by atoms with Crippen LogP contribution >= 0.6 is 12.6 Å².